The second-order valence-corrected chi connectivity index (χ2v) is 3.76. The van der Waals surface area contributed by atoms with Crippen LogP contribution in [0.5, 0.6) is 0 Å². The van der Waals surface area contributed by atoms with Gasteiger partial charge in [0.1, 0.15) is 5.69 Å². The summed E-state index contributed by atoms with van der Waals surface area (Å²) in [6.45, 7) is 2.10. The van der Waals surface area contributed by atoms with Crippen molar-refractivity contribution in [2.75, 3.05) is 0 Å². The van der Waals surface area contributed by atoms with Crippen molar-refractivity contribution in [1.29, 1.82) is 0 Å². The molecule has 0 atom stereocenters. The first-order chi connectivity index (χ1) is 8.20. The topological polar surface area (TPSA) is 50.2 Å². The van der Waals surface area contributed by atoms with Gasteiger partial charge >= 0.3 is 5.97 Å². The number of hydrogen-bond donors (Lipinski definition) is 1. The van der Waals surface area contributed by atoms with Crippen molar-refractivity contribution in [2.45, 2.75) is 13.3 Å². The molecule has 17 heavy (non-hydrogen) atoms. The van der Waals surface area contributed by atoms with Crippen molar-refractivity contribution >= 4 is 5.97 Å². The average molecular weight is 227 g/mol. The zero-order valence-corrected chi connectivity index (χ0v) is 9.55. The van der Waals surface area contributed by atoms with Crippen LogP contribution in [0.2, 0.25) is 0 Å². The minimum absolute atomic E-state index is 0.0714. The third-order valence-corrected chi connectivity index (χ3v) is 2.63. The van der Waals surface area contributed by atoms with Crippen LogP contribution in [-0.4, -0.2) is 16.1 Å². The van der Waals surface area contributed by atoms with Crippen LogP contribution < -0.4 is 0 Å². The van der Waals surface area contributed by atoms with Gasteiger partial charge in [-0.05, 0) is 24.1 Å². The molecular formula is C14H13NO2. The first kappa shape index (κ1) is 11.3. The van der Waals surface area contributed by atoms with Crippen LogP contribution in [0.15, 0.2) is 42.5 Å². The lowest BCUT2D eigenvalue weighted by molar-refractivity contribution is 0.0690. The number of hydrogen-bond acceptors (Lipinski definition) is 2. The summed E-state index contributed by atoms with van der Waals surface area (Å²) in [5.74, 6) is -1.00. The maximum atomic E-state index is 10.8. The van der Waals surface area contributed by atoms with Gasteiger partial charge in [-0.1, -0.05) is 37.3 Å². The van der Waals surface area contributed by atoms with E-state index in [2.05, 4.69) is 11.9 Å². The number of carboxylic acids is 1. The third-order valence-electron chi connectivity index (χ3n) is 2.63. The zero-order chi connectivity index (χ0) is 12.3. The highest BCUT2D eigenvalue weighted by Gasteiger charge is 2.06. The van der Waals surface area contributed by atoms with E-state index in [1.165, 1.54) is 11.6 Å². The van der Waals surface area contributed by atoms with Crippen molar-refractivity contribution in [1.82, 2.24) is 4.98 Å². The number of aromatic nitrogens is 1. The summed E-state index contributed by atoms with van der Waals surface area (Å²) in [6, 6.07) is 13.0. The van der Waals surface area contributed by atoms with E-state index in [1.54, 1.807) is 6.07 Å². The highest BCUT2D eigenvalue weighted by atomic mass is 16.4. The Morgan fingerprint density at radius 3 is 2.47 bits per heavy atom. The molecule has 0 unspecified atom stereocenters. The number of aromatic carboxylic acids is 1. The molecule has 0 fully saturated rings. The van der Waals surface area contributed by atoms with E-state index in [9.17, 15) is 4.79 Å². The molecule has 2 aromatic rings. The maximum Gasteiger partial charge on any atom is 0.354 e. The van der Waals surface area contributed by atoms with Gasteiger partial charge in [-0.15, -0.1) is 0 Å². The normalized spacial score (nSPS) is 10.2. The van der Waals surface area contributed by atoms with E-state index in [0.717, 1.165) is 12.0 Å². The molecule has 2 rings (SSSR count). The molecule has 0 saturated heterocycles. The summed E-state index contributed by atoms with van der Waals surface area (Å²) in [6.07, 6.45) is 0.989. The van der Waals surface area contributed by atoms with Gasteiger partial charge in [0.25, 0.3) is 0 Å². The minimum Gasteiger partial charge on any atom is -0.477 e. The Morgan fingerprint density at radius 1 is 1.18 bits per heavy atom. The maximum absolute atomic E-state index is 10.8. The third kappa shape index (κ3) is 2.50. The molecule has 3 nitrogen and oxygen atoms in total. The standard InChI is InChI=1S/C14H13NO2/c1-2-10-6-8-11(9-7-10)12-4-3-5-13(15-12)14(16)17/h3-9H,2H2,1H3,(H,16,17). The van der Waals surface area contributed by atoms with Crippen molar-refractivity contribution in [3.8, 4) is 11.3 Å². The molecule has 0 bridgehead atoms. The van der Waals surface area contributed by atoms with Crippen LogP contribution in [-0.2, 0) is 6.42 Å². The summed E-state index contributed by atoms with van der Waals surface area (Å²) < 4.78 is 0. The van der Waals surface area contributed by atoms with Crippen LogP contribution in [0.25, 0.3) is 11.3 Å². The summed E-state index contributed by atoms with van der Waals surface area (Å²) in [5, 5.41) is 8.88. The predicted molar refractivity (Wildman–Crippen MR) is 66.0 cm³/mol. The molecule has 0 radical (unpaired) electrons. The number of carboxylic acid groups (broad SMARTS) is 1. The second kappa shape index (κ2) is 4.78. The fourth-order valence-corrected chi connectivity index (χ4v) is 1.63. The Labute approximate surface area is 99.8 Å². The molecule has 86 valence electrons. The Hall–Kier alpha value is -2.16. The molecule has 3 heteroatoms. The molecule has 0 spiro atoms. The SMILES string of the molecule is CCc1ccc(-c2cccc(C(=O)O)n2)cc1. The summed E-state index contributed by atoms with van der Waals surface area (Å²) >= 11 is 0. The molecule has 0 aliphatic heterocycles. The van der Waals surface area contributed by atoms with Crippen LogP contribution in [0.3, 0.4) is 0 Å². The van der Waals surface area contributed by atoms with E-state index in [4.69, 9.17) is 5.11 Å². The van der Waals surface area contributed by atoms with Gasteiger partial charge in [0.2, 0.25) is 0 Å². The van der Waals surface area contributed by atoms with Crippen molar-refractivity contribution < 1.29 is 9.90 Å². The summed E-state index contributed by atoms with van der Waals surface area (Å²) in [5.41, 5.74) is 2.95. The Bertz CT molecular complexity index is 532. The van der Waals surface area contributed by atoms with Crippen molar-refractivity contribution in [2.24, 2.45) is 0 Å². The number of benzene rings is 1. The van der Waals surface area contributed by atoms with Gasteiger partial charge in [-0.25, -0.2) is 9.78 Å². The number of carbonyl (C=O) groups is 1. The van der Waals surface area contributed by atoms with Crippen LogP contribution in [0.4, 0.5) is 0 Å². The fraction of sp³-hybridized carbons (Fsp3) is 0.143. The van der Waals surface area contributed by atoms with Crippen molar-refractivity contribution in [3.05, 3.63) is 53.7 Å². The van der Waals surface area contributed by atoms with E-state index in [0.29, 0.717) is 5.69 Å². The van der Waals surface area contributed by atoms with Crippen LogP contribution in [0.1, 0.15) is 23.0 Å². The first-order valence-electron chi connectivity index (χ1n) is 5.50. The van der Waals surface area contributed by atoms with Gasteiger partial charge < -0.3 is 5.11 Å². The molecule has 1 aromatic carbocycles. The van der Waals surface area contributed by atoms with E-state index in [-0.39, 0.29) is 5.69 Å². The van der Waals surface area contributed by atoms with Gasteiger partial charge in [0, 0.05) is 5.56 Å². The molecule has 1 N–H and O–H groups in total. The lowest BCUT2D eigenvalue weighted by atomic mass is 10.1. The monoisotopic (exact) mass is 227 g/mol. The molecule has 0 amide bonds. The molecule has 0 saturated carbocycles. The highest BCUT2D eigenvalue weighted by Crippen LogP contribution is 2.18. The van der Waals surface area contributed by atoms with Gasteiger partial charge in [-0.2, -0.15) is 0 Å². The van der Waals surface area contributed by atoms with Gasteiger partial charge in [0.05, 0.1) is 5.69 Å². The molecule has 0 aliphatic carbocycles. The Morgan fingerprint density at radius 2 is 1.88 bits per heavy atom. The summed E-state index contributed by atoms with van der Waals surface area (Å²) in [7, 11) is 0. The van der Waals surface area contributed by atoms with Crippen LogP contribution >= 0.6 is 0 Å². The molecule has 0 aliphatic rings. The largest absolute Gasteiger partial charge is 0.477 e. The Balaban J connectivity index is 2.38. The van der Waals surface area contributed by atoms with E-state index >= 15 is 0 Å². The number of nitrogens with zero attached hydrogens (tertiary/aromatic N) is 1. The van der Waals surface area contributed by atoms with Gasteiger partial charge in [0.15, 0.2) is 0 Å². The van der Waals surface area contributed by atoms with Crippen LogP contribution in [0, 0.1) is 0 Å². The Kier molecular flexibility index (Phi) is 3.19. The smallest absolute Gasteiger partial charge is 0.354 e. The fourth-order valence-electron chi connectivity index (χ4n) is 1.63. The second-order valence-electron chi connectivity index (χ2n) is 3.76. The number of aryl methyl sites for hydroxylation is 1. The molecule has 1 aromatic heterocycles. The van der Waals surface area contributed by atoms with E-state index in [1.807, 2.05) is 30.3 Å². The van der Waals surface area contributed by atoms with Gasteiger partial charge in [-0.3, -0.25) is 0 Å². The quantitative estimate of drug-likeness (QED) is 0.876. The predicted octanol–water partition coefficient (Wildman–Crippen LogP) is 3.01. The lowest BCUT2D eigenvalue weighted by Gasteiger charge is -2.03. The highest BCUT2D eigenvalue weighted by molar-refractivity contribution is 5.86. The van der Waals surface area contributed by atoms with E-state index < -0.39 is 5.97 Å². The summed E-state index contributed by atoms with van der Waals surface area (Å²) in [4.78, 5) is 14.9. The molecular weight excluding hydrogens is 214 g/mol. The zero-order valence-electron chi connectivity index (χ0n) is 9.55. The number of pyridine rings is 1. The first-order valence-corrected chi connectivity index (χ1v) is 5.50. The minimum atomic E-state index is -1.00. The molecule has 1 heterocycles. The lowest BCUT2D eigenvalue weighted by Crippen LogP contribution is -2.00. The number of rotatable bonds is 3. The average Bonchev–Trinajstić information content (AvgIpc) is 2.39. The van der Waals surface area contributed by atoms with Crippen molar-refractivity contribution in [3.63, 3.8) is 0 Å².